The first-order valence-electron chi connectivity index (χ1n) is 25.0. The van der Waals surface area contributed by atoms with E-state index in [-0.39, 0.29) is 72.1 Å². The molecule has 0 saturated heterocycles. The summed E-state index contributed by atoms with van der Waals surface area (Å²) in [4.78, 5) is 25.7. The van der Waals surface area contributed by atoms with Gasteiger partial charge in [0.25, 0.3) is 31.2 Å². The van der Waals surface area contributed by atoms with Gasteiger partial charge in [0, 0.05) is 47.2 Å². The minimum Gasteiger partial charge on any atom is -0.497 e. The molecule has 2 saturated carbocycles. The molecule has 2 aliphatic rings. The van der Waals surface area contributed by atoms with Crippen LogP contribution in [0.3, 0.4) is 0 Å². The van der Waals surface area contributed by atoms with Crippen molar-refractivity contribution in [2.75, 3.05) is 30.4 Å². The molecule has 0 bridgehead atoms. The van der Waals surface area contributed by atoms with Gasteiger partial charge in [0.15, 0.2) is 11.6 Å². The zero-order valence-electron chi connectivity index (χ0n) is 44.6. The summed E-state index contributed by atoms with van der Waals surface area (Å²) < 4.78 is 115. The fraction of sp³-hybridized carbons (Fsp3) is 0.250. The third kappa shape index (κ3) is 12.1. The van der Waals surface area contributed by atoms with Gasteiger partial charge in [0.1, 0.15) is 41.4 Å². The monoisotopic (exact) mass is 1210 g/mol. The van der Waals surface area contributed by atoms with E-state index in [1.165, 1.54) is 127 Å². The molecule has 3 N–H and O–H groups in total. The molecule has 2 unspecified atom stereocenters. The first kappa shape index (κ1) is 57.8. The van der Waals surface area contributed by atoms with E-state index in [2.05, 4.69) is 49.3 Å². The molecular weight excluding hydrogens is 1160 g/mol. The van der Waals surface area contributed by atoms with E-state index in [1.807, 2.05) is 13.8 Å². The maximum absolute atomic E-state index is 15.1. The van der Waals surface area contributed by atoms with Gasteiger partial charge in [-0.05, 0) is 135 Å². The molecule has 422 valence electrons. The number of sulfonamides is 2. The van der Waals surface area contributed by atoms with Crippen LogP contribution >= 0.6 is 15.9 Å². The van der Waals surface area contributed by atoms with Crippen molar-refractivity contribution in [3.63, 3.8) is 0 Å². The number of anilines is 2. The number of fused-ring (bicyclic) bond motifs is 2. The van der Waals surface area contributed by atoms with Crippen molar-refractivity contribution in [3.8, 4) is 28.6 Å². The zero-order chi connectivity index (χ0) is 58.3. The first-order chi connectivity index (χ1) is 38.4. The number of hydrogen-bond donors (Lipinski definition) is 3. The normalized spacial score (nSPS) is 15.9. The number of nitrogens with one attached hydrogen (secondary N) is 1. The molecule has 0 amide bonds. The van der Waals surface area contributed by atoms with Crippen LogP contribution in [0.25, 0.3) is 33.2 Å². The number of rotatable bonds is 15. The molecule has 2 fully saturated rings. The molecule has 0 aliphatic heterocycles. The Morgan fingerprint density at radius 3 is 1.73 bits per heavy atom. The van der Waals surface area contributed by atoms with Crippen LogP contribution in [0, 0.1) is 22.5 Å². The molecule has 4 heterocycles. The summed E-state index contributed by atoms with van der Waals surface area (Å²) in [5, 5.41) is 25.5. The predicted molar refractivity (Wildman–Crippen MR) is 303 cm³/mol. The van der Waals surface area contributed by atoms with Crippen molar-refractivity contribution in [3.05, 3.63) is 182 Å². The highest BCUT2D eigenvalue weighted by molar-refractivity contribution is 9.10. The smallest absolute Gasteiger partial charge is 0.455 e. The molecule has 9 aromatic rings. The summed E-state index contributed by atoms with van der Waals surface area (Å²) in [7, 11) is -4.76. The van der Waals surface area contributed by atoms with Gasteiger partial charge in [-0.25, -0.2) is 29.9 Å². The molecule has 81 heavy (non-hydrogen) atoms. The lowest BCUT2D eigenvalue weighted by Gasteiger charge is -2.22. The maximum atomic E-state index is 15.1. The predicted octanol–water partition coefficient (Wildman–Crippen LogP) is 9.99. The van der Waals surface area contributed by atoms with E-state index < -0.39 is 49.9 Å². The molecule has 4 aromatic heterocycles. The van der Waals surface area contributed by atoms with E-state index >= 15 is 4.39 Å². The Morgan fingerprint density at radius 2 is 1.23 bits per heavy atom. The van der Waals surface area contributed by atoms with E-state index in [4.69, 9.17) is 28.8 Å². The fourth-order valence-corrected chi connectivity index (χ4v) is 12.2. The lowest BCUT2D eigenvalue weighted by Crippen LogP contribution is -2.31. The SMILES string of the molecule is CC1(C)CC1B(O)O.COc1cc(C2CC2(C)C)c(F)cc1-n1c(=O)ccc2cc(S(=O)(=O)Nc3ccon3)ccc21.COc1ccc(CN(c2ccon2)S(=O)(=O)c2ccc3c(ccc(=O)n3-c3cc(F)c(Br)cc3OC)c2)cc1. The molecule has 5 aromatic carbocycles. The van der Waals surface area contributed by atoms with E-state index in [0.29, 0.717) is 44.4 Å². The van der Waals surface area contributed by atoms with Gasteiger partial charge >= 0.3 is 7.12 Å². The summed E-state index contributed by atoms with van der Waals surface area (Å²) in [5.74, 6) is 0.617. The third-order valence-corrected chi connectivity index (χ3v) is 18.0. The van der Waals surface area contributed by atoms with Crippen molar-refractivity contribution in [2.24, 2.45) is 10.8 Å². The summed E-state index contributed by atoms with van der Waals surface area (Å²) in [6.07, 6.45) is 4.36. The second kappa shape index (κ2) is 22.6. The lowest BCUT2D eigenvalue weighted by atomic mass is 9.79. The Labute approximate surface area is 472 Å². The second-order valence-corrected chi connectivity index (χ2v) is 25.0. The average molecular weight is 1210 g/mol. The second-order valence-electron chi connectivity index (χ2n) is 20.6. The summed E-state index contributed by atoms with van der Waals surface area (Å²) in [5.41, 5.74) is 1.81. The van der Waals surface area contributed by atoms with Crippen molar-refractivity contribution >= 4 is 76.5 Å². The van der Waals surface area contributed by atoms with Gasteiger partial charge < -0.3 is 33.3 Å². The molecule has 19 nitrogen and oxygen atoms in total. The molecule has 2 atom stereocenters. The highest BCUT2D eigenvalue weighted by atomic mass is 79.9. The maximum Gasteiger partial charge on any atom is 0.455 e. The molecule has 11 rings (SSSR count). The molecular formula is C56H54BBrF2N6O13S2. The van der Waals surface area contributed by atoms with Crippen LogP contribution in [0.5, 0.6) is 17.2 Å². The van der Waals surface area contributed by atoms with Gasteiger partial charge in [-0.1, -0.05) is 50.1 Å². The third-order valence-electron chi connectivity index (χ3n) is 14.3. The quantitative estimate of drug-likeness (QED) is 0.0808. The molecule has 2 aliphatic carbocycles. The zero-order valence-corrected chi connectivity index (χ0v) is 47.8. The summed E-state index contributed by atoms with van der Waals surface area (Å²) in [6.45, 7) is 8.21. The Morgan fingerprint density at radius 1 is 0.691 bits per heavy atom. The number of halogens is 3. The van der Waals surface area contributed by atoms with E-state index in [0.717, 1.165) is 17.1 Å². The standard InChI is InChI=1S/C27H21BrFN3O6S.C24H22FN3O5S.C5H11BO2/c1-36-19-6-3-17(4-7-19)16-31(26-11-12-38-30-26)39(34,35)20-8-9-23-18(13-20)5-10-27(33)32(23)24-15-22(29)21(28)14-25(24)37-2;1-24(2)13-17(24)16-11-21(32-3)20(12-18(16)25)28-19-6-5-15(10-14(19)4-7-23(28)29)34(30,31)27-22-8-9-33-26-22;1-5(2)3-4(5)6(7)8/h3-15H,16H2,1-2H3;4-12,17H,13H2,1-3H3,(H,26,27);4,7-8H,3H2,1-2H3. The van der Waals surface area contributed by atoms with Crippen LogP contribution < -0.4 is 34.4 Å². The van der Waals surface area contributed by atoms with Gasteiger partial charge in [-0.15, -0.1) is 0 Å². The molecule has 0 radical (unpaired) electrons. The van der Waals surface area contributed by atoms with Gasteiger partial charge in [0.05, 0.1) is 64.5 Å². The van der Waals surface area contributed by atoms with Crippen LogP contribution in [0.1, 0.15) is 57.6 Å². The lowest BCUT2D eigenvalue weighted by molar-refractivity contribution is 0.394. The minimum atomic E-state index is -4.14. The van der Waals surface area contributed by atoms with Crippen LogP contribution in [0.15, 0.2) is 167 Å². The Bertz CT molecular complexity index is 4170. The van der Waals surface area contributed by atoms with Gasteiger partial charge in [0.2, 0.25) is 0 Å². The van der Waals surface area contributed by atoms with Crippen LogP contribution in [0.2, 0.25) is 5.82 Å². The fourth-order valence-electron chi connectivity index (χ4n) is 9.42. The Balaban J connectivity index is 0.000000173. The Kier molecular flexibility index (Phi) is 16.1. The van der Waals surface area contributed by atoms with Crippen molar-refractivity contribution in [1.82, 2.24) is 19.4 Å². The number of hydrogen-bond acceptors (Lipinski definition) is 15. The number of ether oxygens (including phenoxy) is 3. The van der Waals surface area contributed by atoms with Crippen molar-refractivity contribution in [1.29, 1.82) is 0 Å². The molecule has 25 heteroatoms. The van der Waals surface area contributed by atoms with Crippen molar-refractivity contribution < 1.29 is 58.9 Å². The number of nitrogens with zero attached hydrogens (tertiary/aromatic N) is 5. The summed E-state index contributed by atoms with van der Waals surface area (Å²) in [6, 6.07) is 29.6. The number of benzene rings is 5. The first-order valence-corrected chi connectivity index (χ1v) is 28.7. The number of pyridine rings is 2. The van der Waals surface area contributed by atoms with Crippen LogP contribution in [-0.4, -0.2) is 74.8 Å². The van der Waals surface area contributed by atoms with Crippen LogP contribution in [0.4, 0.5) is 20.4 Å². The molecule has 0 spiro atoms. The van der Waals surface area contributed by atoms with E-state index in [9.17, 15) is 30.8 Å². The van der Waals surface area contributed by atoms with E-state index in [1.54, 1.807) is 37.4 Å². The highest BCUT2D eigenvalue weighted by Gasteiger charge is 2.52. The highest BCUT2D eigenvalue weighted by Crippen LogP contribution is 2.60. The van der Waals surface area contributed by atoms with Crippen molar-refractivity contribution in [2.45, 2.75) is 68.6 Å². The van der Waals surface area contributed by atoms with Crippen LogP contribution in [-0.2, 0) is 26.6 Å². The minimum absolute atomic E-state index is 0.0194. The van der Waals surface area contributed by atoms with Gasteiger partial charge in [-0.2, -0.15) is 0 Å². The van der Waals surface area contributed by atoms with Gasteiger partial charge in [-0.3, -0.25) is 23.4 Å². The topological polar surface area (TPSA) is 248 Å². The average Bonchev–Trinajstić information content (AvgIpc) is 4.20. The number of methoxy groups -OCH3 is 3. The largest absolute Gasteiger partial charge is 0.497 e. The Hall–Kier alpha value is -7.84. The number of aromatic nitrogens is 4. The summed E-state index contributed by atoms with van der Waals surface area (Å²) >= 11 is 3.12.